The summed E-state index contributed by atoms with van der Waals surface area (Å²) >= 11 is 0. The Hall–Kier alpha value is -0.0631. The zero-order chi connectivity index (χ0) is 20.1. The van der Waals surface area contributed by atoms with E-state index in [0.717, 1.165) is 58.9 Å². The quantitative estimate of drug-likeness (QED) is 0.311. The van der Waals surface area contributed by atoms with Gasteiger partial charge in [-0.3, -0.25) is 0 Å². The van der Waals surface area contributed by atoms with Crippen molar-refractivity contribution in [1.82, 2.24) is 0 Å². The molecule has 7 nitrogen and oxygen atoms in total. The van der Waals surface area contributed by atoms with Gasteiger partial charge in [0.05, 0.1) is 59.5 Å². The monoisotopic (exact) mass is 418 g/mol. The van der Waals surface area contributed by atoms with E-state index in [2.05, 4.69) is 20.8 Å². The van der Waals surface area contributed by atoms with E-state index < -0.39 is 5.97 Å². The molecule has 0 bridgehead atoms. The highest BCUT2D eigenvalue weighted by Crippen LogP contribution is 2.38. The number of hydrogen-bond acceptors (Lipinski definition) is 7. The molecule has 0 saturated carbocycles. The fraction of sp³-hybridized carbons (Fsp3) is 1.00. The summed E-state index contributed by atoms with van der Waals surface area (Å²) in [7, 11) is 0.593. The molecular formula is C20H38O7Si. The number of ether oxygens (including phenoxy) is 6. The SMILES string of the molecule is CCC1(COC(CO[SiH3])(OCC2(CC)COC2)OCC2(CC)COC2)COC1. The lowest BCUT2D eigenvalue weighted by molar-refractivity contribution is -0.418. The minimum Gasteiger partial charge on any atom is -0.420 e. The van der Waals surface area contributed by atoms with Gasteiger partial charge in [-0.25, -0.2) is 0 Å². The fourth-order valence-electron chi connectivity index (χ4n) is 3.56. The van der Waals surface area contributed by atoms with Crippen molar-refractivity contribution in [2.75, 3.05) is 66.1 Å². The molecule has 0 radical (unpaired) electrons. The van der Waals surface area contributed by atoms with Crippen LogP contribution in [0.5, 0.6) is 0 Å². The summed E-state index contributed by atoms with van der Waals surface area (Å²) in [4.78, 5) is 0. The van der Waals surface area contributed by atoms with Crippen molar-refractivity contribution < 1.29 is 32.8 Å². The third-order valence-electron chi connectivity index (χ3n) is 6.82. The van der Waals surface area contributed by atoms with E-state index in [1.54, 1.807) is 0 Å². The first-order valence-electron chi connectivity index (χ1n) is 10.6. The van der Waals surface area contributed by atoms with Crippen molar-refractivity contribution in [3.8, 4) is 0 Å². The standard InChI is InChI=1S/C20H38O7Si/c1-4-17(7-21-8-17)13-24-20(16-27-28,25-14-18(5-2)9-22-10-18)26-15-19(6-3)11-23-12-19/h4-16H2,1-3,28H3. The molecule has 0 aromatic rings. The van der Waals surface area contributed by atoms with Crippen LogP contribution in [0.25, 0.3) is 0 Å². The molecule has 3 aliphatic heterocycles. The summed E-state index contributed by atoms with van der Waals surface area (Å²) < 4.78 is 41.1. The van der Waals surface area contributed by atoms with Gasteiger partial charge < -0.3 is 32.8 Å². The van der Waals surface area contributed by atoms with Crippen molar-refractivity contribution in [3.63, 3.8) is 0 Å². The van der Waals surface area contributed by atoms with E-state index in [4.69, 9.17) is 32.8 Å². The van der Waals surface area contributed by atoms with Crippen molar-refractivity contribution in [1.29, 1.82) is 0 Å². The number of rotatable bonds is 14. The molecule has 3 heterocycles. The fourth-order valence-corrected chi connectivity index (χ4v) is 3.91. The Balaban J connectivity index is 1.68. The third kappa shape index (κ3) is 4.80. The van der Waals surface area contributed by atoms with Crippen LogP contribution in [-0.4, -0.2) is 82.5 Å². The van der Waals surface area contributed by atoms with Crippen LogP contribution in [0.2, 0.25) is 0 Å². The maximum absolute atomic E-state index is 6.38. The Kier molecular flexibility index (Phi) is 7.58. The molecular weight excluding hydrogens is 380 g/mol. The third-order valence-corrected chi connectivity index (χ3v) is 7.10. The molecule has 0 aromatic carbocycles. The van der Waals surface area contributed by atoms with Crippen LogP contribution in [0, 0.1) is 16.2 Å². The average Bonchev–Trinajstić information content (AvgIpc) is 2.60. The smallest absolute Gasteiger partial charge is 0.306 e. The van der Waals surface area contributed by atoms with Gasteiger partial charge in [-0.05, 0) is 19.3 Å². The molecule has 28 heavy (non-hydrogen) atoms. The molecule has 3 rings (SSSR count). The molecule has 0 spiro atoms. The lowest BCUT2D eigenvalue weighted by Gasteiger charge is -2.47. The molecule has 3 aliphatic rings. The zero-order valence-electron chi connectivity index (χ0n) is 18.1. The van der Waals surface area contributed by atoms with Gasteiger partial charge in [0, 0.05) is 16.2 Å². The predicted octanol–water partition coefficient (Wildman–Crippen LogP) is 1.27. The van der Waals surface area contributed by atoms with Crippen LogP contribution in [0.3, 0.4) is 0 Å². The Morgan fingerprint density at radius 2 is 1.00 bits per heavy atom. The Labute approximate surface area is 172 Å². The molecule has 0 aliphatic carbocycles. The molecule has 3 saturated heterocycles. The predicted molar refractivity (Wildman–Crippen MR) is 107 cm³/mol. The Morgan fingerprint density at radius 1 is 0.679 bits per heavy atom. The lowest BCUT2D eigenvalue weighted by atomic mass is 9.84. The highest BCUT2D eigenvalue weighted by molar-refractivity contribution is 5.97. The van der Waals surface area contributed by atoms with Gasteiger partial charge >= 0.3 is 5.97 Å². The average molecular weight is 419 g/mol. The van der Waals surface area contributed by atoms with Gasteiger partial charge in [0.25, 0.3) is 0 Å². The zero-order valence-corrected chi connectivity index (χ0v) is 20.1. The van der Waals surface area contributed by atoms with Gasteiger partial charge in [0.15, 0.2) is 0 Å². The maximum atomic E-state index is 6.38. The van der Waals surface area contributed by atoms with E-state index in [1.165, 1.54) is 0 Å². The molecule has 3 fully saturated rings. The van der Waals surface area contributed by atoms with Crippen LogP contribution in [0.4, 0.5) is 0 Å². The van der Waals surface area contributed by atoms with Crippen molar-refractivity contribution in [3.05, 3.63) is 0 Å². The summed E-state index contributed by atoms with van der Waals surface area (Å²) in [6, 6.07) is 0. The minimum atomic E-state index is -1.19. The van der Waals surface area contributed by atoms with Gasteiger partial charge in [0.2, 0.25) is 0 Å². The molecule has 164 valence electrons. The number of hydrogen-bond donors (Lipinski definition) is 0. The summed E-state index contributed by atoms with van der Waals surface area (Å²) in [5.41, 5.74) is 0.146. The largest absolute Gasteiger partial charge is 0.420 e. The van der Waals surface area contributed by atoms with Gasteiger partial charge in [0.1, 0.15) is 17.1 Å². The van der Waals surface area contributed by atoms with Crippen molar-refractivity contribution in [2.24, 2.45) is 16.2 Å². The van der Waals surface area contributed by atoms with E-state index in [9.17, 15) is 0 Å². The molecule has 0 N–H and O–H groups in total. The first-order chi connectivity index (χ1) is 13.5. The second kappa shape index (κ2) is 9.39. The van der Waals surface area contributed by atoms with Gasteiger partial charge in [-0.15, -0.1) is 0 Å². The molecule has 8 heteroatoms. The second-order valence-electron chi connectivity index (χ2n) is 9.02. The van der Waals surface area contributed by atoms with Crippen LogP contribution in [0.15, 0.2) is 0 Å². The van der Waals surface area contributed by atoms with Gasteiger partial charge in [-0.1, -0.05) is 20.8 Å². The van der Waals surface area contributed by atoms with Crippen molar-refractivity contribution in [2.45, 2.75) is 46.0 Å². The van der Waals surface area contributed by atoms with Crippen LogP contribution >= 0.6 is 0 Å². The minimum absolute atomic E-state index is 0.0488. The molecule has 0 amide bonds. The van der Waals surface area contributed by atoms with E-state index in [-0.39, 0.29) is 22.9 Å². The molecule has 0 unspecified atom stereocenters. The highest BCUT2D eigenvalue weighted by Gasteiger charge is 2.47. The Morgan fingerprint density at radius 3 is 1.18 bits per heavy atom. The highest BCUT2D eigenvalue weighted by atomic mass is 28.2. The normalized spacial score (nSPS) is 25.0. The summed E-state index contributed by atoms with van der Waals surface area (Å²) in [6.07, 6.45) is 3.01. The maximum Gasteiger partial charge on any atom is 0.306 e. The van der Waals surface area contributed by atoms with Crippen LogP contribution in [0.1, 0.15) is 40.0 Å². The van der Waals surface area contributed by atoms with Crippen LogP contribution in [-0.2, 0) is 32.8 Å². The Bertz CT molecular complexity index is 408. The van der Waals surface area contributed by atoms with E-state index in [1.807, 2.05) is 0 Å². The second-order valence-corrected chi connectivity index (χ2v) is 9.60. The van der Waals surface area contributed by atoms with Crippen LogP contribution < -0.4 is 0 Å². The first kappa shape index (κ1) is 22.6. The summed E-state index contributed by atoms with van der Waals surface area (Å²) in [5.74, 6) is -1.19. The van der Waals surface area contributed by atoms with Crippen molar-refractivity contribution >= 4 is 10.5 Å². The van der Waals surface area contributed by atoms with E-state index >= 15 is 0 Å². The molecule has 0 atom stereocenters. The van der Waals surface area contributed by atoms with E-state index in [0.29, 0.717) is 30.3 Å². The lowest BCUT2D eigenvalue weighted by Crippen LogP contribution is -2.56. The molecule has 0 aromatic heterocycles. The summed E-state index contributed by atoms with van der Waals surface area (Å²) in [6.45, 7) is 12.8. The summed E-state index contributed by atoms with van der Waals surface area (Å²) in [5, 5.41) is 0. The first-order valence-corrected chi connectivity index (χ1v) is 11.4. The van der Waals surface area contributed by atoms with Gasteiger partial charge in [-0.2, -0.15) is 0 Å². The topological polar surface area (TPSA) is 64.6 Å².